The molecule has 0 fully saturated rings. The van der Waals surface area contributed by atoms with Crippen LogP contribution in [-0.4, -0.2) is 52.4 Å². The quantitative estimate of drug-likeness (QED) is 0.515. The van der Waals surface area contributed by atoms with Crippen LogP contribution in [0.15, 0.2) is 42.9 Å². The number of hydrogen-bond donors (Lipinski definition) is 2. The summed E-state index contributed by atoms with van der Waals surface area (Å²) in [5, 5.41) is 21.6. The fourth-order valence-corrected chi connectivity index (χ4v) is 2.58. The van der Waals surface area contributed by atoms with Crippen LogP contribution in [0.2, 0.25) is 0 Å². The largest absolute Gasteiger partial charge is 0.337 e. The number of fused-ring (bicyclic) bond motifs is 1. The second-order valence-corrected chi connectivity index (χ2v) is 5.92. The maximum Gasteiger partial charge on any atom is 0.321 e. The minimum Gasteiger partial charge on any atom is -0.337 e. The molecule has 11 heteroatoms. The van der Waals surface area contributed by atoms with Gasteiger partial charge in [0.05, 0.1) is 6.54 Å². The highest BCUT2D eigenvalue weighted by atomic mass is 16.2. The summed E-state index contributed by atoms with van der Waals surface area (Å²) >= 11 is 0. The first-order valence-corrected chi connectivity index (χ1v) is 8.79. The molecule has 2 amide bonds. The van der Waals surface area contributed by atoms with Gasteiger partial charge in [0.1, 0.15) is 0 Å². The number of anilines is 1. The molecule has 0 saturated carbocycles. The number of tetrazole rings is 1. The Labute approximate surface area is 159 Å². The molecule has 0 aliphatic carbocycles. The zero-order chi connectivity index (χ0) is 19.3. The average molecular weight is 378 g/mol. The zero-order valence-electron chi connectivity index (χ0n) is 15.1. The second kappa shape index (κ2) is 7.78. The third-order valence-corrected chi connectivity index (χ3v) is 3.96. The van der Waals surface area contributed by atoms with E-state index in [-0.39, 0.29) is 5.95 Å². The topological polar surface area (TPSA) is 128 Å². The molecule has 0 spiro atoms. The molecule has 4 aromatic heterocycles. The summed E-state index contributed by atoms with van der Waals surface area (Å²) < 4.78 is 1.62. The van der Waals surface area contributed by atoms with Gasteiger partial charge in [-0.3, -0.25) is 10.3 Å². The molecular weight excluding hydrogens is 360 g/mol. The number of carbonyl (C=O) groups excluding carboxylic acids is 1. The van der Waals surface area contributed by atoms with E-state index in [0.717, 1.165) is 11.1 Å². The molecule has 0 aromatic carbocycles. The Morgan fingerprint density at radius 2 is 2.11 bits per heavy atom. The fourth-order valence-electron chi connectivity index (χ4n) is 2.58. The van der Waals surface area contributed by atoms with E-state index < -0.39 is 6.03 Å². The van der Waals surface area contributed by atoms with Gasteiger partial charge in [0.15, 0.2) is 11.5 Å². The van der Waals surface area contributed by atoms with E-state index in [1.807, 2.05) is 37.4 Å². The highest BCUT2D eigenvalue weighted by Gasteiger charge is 2.09. The number of amides is 2. The van der Waals surface area contributed by atoms with Gasteiger partial charge in [-0.1, -0.05) is 6.07 Å². The van der Waals surface area contributed by atoms with Crippen molar-refractivity contribution in [3.63, 3.8) is 0 Å². The summed E-state index contributed by atoms with van der Waals surface area (Å²) in [4.78, 5) is 22.0. The fraction of sp³-hybridized carbons (Fsp3) is 0.235. The Bertz CT molecular complexity index is 1090. The van der Waals surface area contributed by atoms with E-state index in [0.29, 0.717) is 31.0 Å². The Hall–Kier alpha value is -3.89. The summed E-state index contributed by atoms with van der Waals surface area (Å²) in [6.07, 6.45) is 5.82. The molecule has 11 nitrogen and oxygen atoms in total. The molecule has 0 unspecified atom stereocenters. The van der Waals surface area contributed by atoms with E-state index in [4.69, 9.17) is 0 Å². The molecule has 28 heavy (non-hydrogen) atoms. The molecule has 4 aromatic rings. The van der Waals surface area contributed by atoms with E-state index in [1.165, 1.54) is 4.80 Å². The molecule has 0 aliphatic heterocycles. The van der Waals surface area contributed by atoms with Gasteiger partial charge in [0.2, 0.25) is 0 Å². The van der Waals surface area contributed by atoms with Crippen molar-refractivity contribution in [1.82, 2.24) is 45.1 Å². The smallest absolute Gasteiger partial charge is 0.321 e. The van der Waals surface area contributed by atoms with Crippen LogP contribution in [0, 0.1) is 0 Å². The van der Waals surface area contributed by atoms with Crippen molar-refractivity contribution in [3.05, 3.63) is 48.7 Å². The van der Waals surface area contributed by atoms with Gasteiger partial charge in [0.25, 0.3) is 5.95 Å². The van der Waals surface area contributed by atoms with Crippen LogP contribution in [0.3, 0.4) is 0 Å². The molecule has 142 valence electrons. The molecule has 0 bridgehead atoms. The van der Waals surface area contributed by atoms with Gasteiger partial charge in [0, 0.05) is 42.7 Å². The maximum atomic E-state index is 12.0. The lowest BCUT2D eigenvalue weighted by Crippen LogP contribution is -2.31. The van der Waals surface area contributed by atoms with E-state index >= 15 is 0 Å². The van der Waals surface area contributed by atoms with E-state index in [9.17, 15) is 4.79 Å². The van der Waals surface area contributed by atoms with Crippen molar-refractivity contribution in [2.45, 2.75) is 19.9 Å². The number of aromatic nitrogens is 8. The first kappa shape index (κ1) is 17.5. The van der Waals surface area contributed by atoms with Gasteiger partial charge < -0.3 is 5.32 Å². The molecule has 0 saturated heterocycles. The van der Waals surface area contributed by atoms with Gasteiger partial charge in [-0.15, -0.1) is 15.3 Å². The number of pyridine rings is 2. The number of nitrogens with one attached hydrogen (secondary N) is 2. The second-order valence-electron chi connectivity index (χ2n) is 5.92. The van der Waals surface area contributed by atoms with Gasteiger partial charge in [-0.25, -0.2) is 9.31 Å². The summed E-state index contributed by atoms with van der Waals surface area (Å²) in [5.74, 6) is 0.798. The van der Waals surface area contributed by atoms with Gasteiger partial charge >= 0.3 is 6.03 Å². The summed E-state index contributed by atoms with van der Waals surface area (Å²) in [6, 6.07) is 7.20. The number of carbonyl (C=O) groups is 1. The minimum absolute atomic E-state index is 0.218. The highest BCUT2D eigenvalue weighted by molar-refractivity contribution is 5.87. The SMILES string of the molecule is CCn1nnc(CCNC(=O)Nc2nc3ccc(-c4cccnc4)cn3n2)n1. The Balaban J connectivity index is 1.36. The van der Waals surface area contributed by atoms with Gasteiger partial charge in [-0.2, -0.15) is 9.78 Å². The molecular formula is C17H18N10O. The highest BCUT2D eigenvalue weighted by Crippen LogP contribution is 2.18. The van der Waals surface area contributed by atoms with Crippen molar-refractivity contribution in [1.29, 1.82) is 0 Å². The molecule has 4 heterocycles. The van der Waals surface area contributed by atoms with Crippen LogP contribution in [0.25, 0.3) is 16.8 Å². The predicted octanol–water partition coefficient (Wildman–Crippen LogP) is 1.16. The number of rotatable bonds is 6. The van der Waals surface area contributed by atoms with Crippen molar-refractivity contribution in [2.24, 2.45) is 0 Å². The van der Waals surface area contributed by atoms with Crippen molar-refractivity contribution < 1.29 is 4.79 Å². The lowest BCUT2D eigenvalue weighted by atomic mass is 10.1. The first-order chi connectivity index (χ1) is 13.7. The van der Waals surface area contributed by atoms with Crippen LogP contribution in [0.4, 0.5) is 10.7 Å². The van der Waals surface area contributed by atoms with E-state index in [2.05, 4.69) is 41.1 Å². The van der Waals surface area contributed by atoms with Crippen LogP contribution in [-0.2, 0) is 13.0 Å². The van der Waals surface area contributed by atoms with Gasteiger partial charge in [-0.05, 0) is 30.3 Å². The van der Waals surface area contributed by atoms with Crippen LogP contribution in [0.5, 0.6) is 0 Å². The minimum atomic E-state index is -0.397. The number of nitrogens with zero attached hydrogens (tertiary/aromatic N) is 8. The van der Waals surface area contributed by atoms with Crippen molar-refractivity contribution in [2.75, 3.05) is 11.9 Å². The third kappa shape index (κ3) is 3.92. The van der Waals surface area contributed by atoms with Crippen molar-refractivity contribution in [3.8, 4) is 11.1 Å². The third-order valence-electron chi connectivity index (χ3n) is 3.96. The molecule has 4 rings (SSSR count). The monoisotopic (exact) mass is 378 g/mol. The lowest BCUT2D eigenvalue weighted by molar-refractivity contribution is 0.252. The number of hydrogen-bond acceptors (Lipinski definition) is 7. The number of aryl methyl sites for hydroxylation is 1. The Morgan fingerprint density at radius 3 is 2.89 bits per heavy atom. The Kier molecular flexibility index (Phi) is 4.87. The Morgan fingerprint density at radius 1 is 1.18 bits per heavy atom. The standard InChI is InChI=1S/C17H18N10O/c1-2-27-23-14(22-25-27)7-9-19-17(28)21-16-20-15-6-5-13(11-26(15)24-16)12-4-3-8-18-10-12/h3-6,8,10-11H,2,7,9H2,1H3,(H2,19,21,24,28). The molecule has 2 N–H and O–H groups in total. The predicted molar refractivity (Wildman–Crippen MR) is 100 cm³/mol. The summed E-state index contributed by atoms with van der Waals surface area (Å²) in [7, 11) is 0. The molecule has 0 radical (unpaired) electrons. The lowest BCUT2D eigenvalue weighted by Gasteiger charge is -2.02. The summed E-state index contributed by atoms with van der Waals surface area (Å²) in [6.45, 7) is 2.96. The van der Waals surface area contributed by atoms with Crippen molar-refractivity contribution >= 4 is 17.6 Å². The summed E-state index contributed by atoms with van der Waals surface area (Å²) in [5.41, 5.74) is 2.55. The van der Waals surface area contributed by atoms with Crippen LogP contribution in [0.1, 0.15) is 12.7 Å². The van der Waals surface area contributed by atoms with Crippen LogP contribution >= 0.6 is 0 Å². The zero-order valence-corrected chi connectivity index (χ0v) is 15.1. The van der Waals surface area contributed by atoms with E-state index in [1.54, 1.807) is 16.9 Å². The van der Waals surface area contributed by atoms with Crippen LogP contribution < -0.4 is 10.6 Å². The molecule has 0 aliphatic rings. The average Bonchev–Trinajstić information content (AvgIpc) is 3.34. The maximum absolute atomic E-state index is 12.0. The first-order valence-electron chi connectivity index (χ1n) is 8.79. The normalized spacial score (nSPS) is 10.9. The molecule has 0 atom stereocenters. The number of urea groups is 1.